The number of nitrogens with one attached hydrogen (secondary N) is 1. The normalized spacial score (nSPS) is 19.3. The Hall–Kier alpha value is -1.33. The Morgan fingerprint density at radius 1 is 1.53 bits per heavy atom. The number of aromatic nitrogens is 3. The van der Waals surface area contributed by atoms with Crippen molar-refractivity contribution in [3.63, 3.8) is 0 Å². The Labute approximate surface area is 117 Å². The Bertz CT molecular complexity index is 526. The molecule has 0 amide bonds. The SMILES string of the molecule is CCCNC(c1cnns1)C1CCc2cccnc21. The van der Waals surface area contributed by atoms with Crippen LogP contribution in [0.2, 0.25) is 0 Å². The zero-order chi connectivity index (χ0) is 13.1. The molecule has 5 heteroatoms. The largest absolute Gasteiger partial charge is 0.309 e. The van der Waals surface area contributed by atoms with Gasteiger partial charge in [0, 0.05) is 17.8 Å². The van der Waals surface area contributed by atoms with Crippen molar-refractivity contribution in [2.75, 3.05) is 6.54 Å². The molecule has 1 aliphatic carbocycles. The minimum Gasteiger partial charge on any atom is -0.309 e. The van der Waals surface area contributed by atoms with E-state index < -0.39 is 0 Å². The summed E-state index contributed by atoms with van der Waals surface area (Å²) in [5, 5.41) is 7.63. The van der Waals surface area contributed by atoms with E-state index >= 15 is 0 Å². The van der Waals surface area contributed by atoms with Crippen molar-refractivity contribution in [2.45, 2.75) is 38.1 Å². The monoisotopic (exact) mass is 274 g/mol. The Balaban J connectivity index is 1.89. The molecule has 19 heavy (non-hydrogen) atoms. The molecular weight excluding hydrogens is 256 g/mol. The van der Waals surface area contributed by atoms with Crippen molar-refractivity contribution in [2.24, 2.45) is 0 Å². The molecule has 0 saturated heterocycles. The average molecular weight is 274 g/mol. The summed E-state index contributed by atoms with van der Waals surface area (Å²) in [5.74, 6) is 0.449. The van der Waals surface area contributed by atoms with Gasteiger partial charge in [0.2, 0.25) is 0 Å². The second kappa shape index (κ2) is 5.75. The molecule has 0 aromatic carbocycles. The third-order valence-corrected chi connectivity index (χ3v) is 4.45. The molecule has 0 aliphatic heterocycles. The molecular formula is C14H18N4S. The van der Waals surface area contributed by atoms with E-state index in [1.807, 2.05) is 18.5 Å². The summed E-state index contributed by atoms with van der Waals surface area (Å²) in [4.78, 5) is 5.82. The maximum atomic E-state index is 4.60. The summed E-state index contributed by atoms with van der Waals surface area (Å²) in [6.45, 7) is 3.21. The zero-order valence-electron chi connectivity index (χ0n) is 11.0. The van der Waals surface area contributed by atoms with Crippen LogP contribution in [0.4, 0.5) is 0 Å². The lowest BCUT2D eigenvalue weighted by Gasteiger charge is -2.23. The van der Waals surface area contributed by atoms with Crippen molar-refractivity contribution >= 4 is 11.5 Å². The summed E-state index contributed by atoms with van der Waals surface area (Å²) < 4.78 is 4.01. The van der Waals surface area contributed by atoms with Crippen molar-refractivity contribution in [3.8, 4) is 0 Å². The smallest absolute Gasteiger partial charge is 0.0669 e. The third-order valence-electron chi connectivity index (χ3n) is 3.70. The highest BCUT2D eigenvalue weighted by Crippen LogP contribution is 2.40. The Kier molecular flexibility index (Phi) is 3.84. The lowest BCUT2D eigenvalue weighted by atomic mass is 9.95. The fraction of sp³-hybridized carbons (Fsp3) is 0.500. The van der Waals surface area contributed by atoms with E-state index in [-0.39, 0.29) is 0 Å². The van der Waals surface area contributed by atoms with Gasteiger partial charge in [0.15, 0.2) is 0 Å². The number of aryl methyl sites for hydroxylation is 1. The van der Waals surface area contributed by atoms with Crippen LogP contribution in [-0.4, -0.2) is 21.1 Å². The first-order chi connectivity index (χ1) is 9.40. The molecule has 100 valence electrons. The second-order valence-corrected chi connectivity index (χ2v) is 5.76. The van der Waals surface area contributed by atoms with Gasteiger partial charge in [0.25, 0.3) is 0 Å². The van der Waals surface area contributed by atoms with Gasteiger partial charge >= 0.3 is 0 Å². The van der Waals surface area contributed by atoms with Gasteiger partial charge in [0.1, 0.15) is 0 Å². The molecule has 0 saturated carbocycles. The number of hydrogen-bond acceptors (Lipinski definition) is 5. The van der Waals surface area contributed by atoms with E-state index in [2.05, 4.69) is 32.9 Å². The molecule has 0 bridgehead atoms. The molecule has 1 aliphatic rings. The lowest BCUT2D eigenvalue weighted by molar-refractivity contribution is 0.442. The highest BCUT2D eigenvalue weighted by atomic mass is 32.1. The number of nitrogens with zero attached hydrogens (tertiary/aromatic N) is 3. The molecule has 2 heterocycles. The van der Waals surface area contributed by atoms with Gasteiger partial charge < -0.3 is 5.32 Å². The highest BCUT2D eigenvalue weighted by Gasteiger charge is 2.32. The number of fused-ring (bicyclic) bond motifs is 1. The van der Waals surface area contributed by atoms with Crippen LogP contribution in [-0.2, 0) is 6.42 Å². The van der Waals surface area contributed by atoms with Crippen molar-refractivity contribution < 1.29 is 0 Å². The van der Waals surface area contributed by atoms with Crippen LogP contribution in [0.15, 0.2) is 24.5 Å². The van der Waals surface area contributed by atoms with E-state index in [0.717, 1.165) is 25.8 Å². The highest BCUT2D eigenvalue weighted by molar-refractivity contribution is 7.05. The topological polar surface area (TPSA) is 50.7 Å². The van der Waals surface area contributed by atoms with Crippen LogP contribution in [0.1, 0.15) is 47.9 Å². The molecule has 2 atom stereocenters. The van der Waals surface area contributed by atoms with Crippen LogP contribution in [0.3, 0.4) is 0 Å². The predicted octanol–water partition coefficient (Wildman–Crippen LogP) is 2.70. The summed E-state index contributed by atoms with van der Waals surface area (Å²) in [5.41, 5.74) is 2.65. The van der Waals surface area contributed by atoms with Crippen molar-refractivity contribution in [3.05, 3.63) is 40.7 Å². The van der Waals surface area contributed by atoms with Gasteiger partial charge in [-0.2, -0.15) is 0 Å². The maximum Gasteiger partial charge on any atom is 0.0669 e. The van der Waals surface area contributed by atoms with E-state index in [4.69, 9.17) is 0 Å². The van der Waals surface area contributed by atoms with Crippen molar-refractivity contribution in [1.82, 2.24) is 19.9 Å². The summed E-state index contributed by atoms with van der Waals surface area (Å²) in [6, 6.07) is 4.53. The lowest BCUT2D eigenvalue weighted by Crippen LogP contribution is -2.26. The molecule has 2 aromatic heterocycles. The van der Waals surface area contributed by atoms with Gasteiger partial charge in [0.05, 0.1) is 17.1 Å². The summed E-state index contributed by atoms with van der Waals surface area (Å²) in [7, 11) is 0. The van der Waals surface area contributed by atoms with Gasteiger partial charge in [-0.25, -0.2) is 0 Å². The second-order valence-electron chi connectivity index (χ2n) is 4.94. The zero-order valence-corrected chi connectivity index (χ0v) is 11.9. The number of rotatable bonds is 5. The van der Waals surface area contributed by atoms with E-state index in [1.54, 1.807) is 0 Å². The van der Waals surface area contributed by atoms with Crippen LogP contribution >= 0.6 is 11.5 Å². The third kappa shape index (κ3) is 2.53. The minimum absolute atomic E-state index is 0.302. The summed E-state index contributed by atoms with van der Waals surface area (Å²) in [6.07, 6.45) is 7.21. The predicted molar refractivity (Wildman–Crippen MR) is 76.2 cm³/mol. The average Bonchev–Trinajstić information content (AvgIpc) is 3.09. The van der Waals surface area contributed by atoms with Crippen LogP contribution < -0.4 is 5.32 Å². The Morgan fingerprint density at radius 3 is 3.26 bits per heavy atom. The van der Waals surface area contributed by atoms with E-state index in [9.17, 15) is 0 Å². The number of hydrogen-bond donors (Lipinski definition) is 1. The molecule has 0 spiro atoms. The minimum atomic E-state index is 0.302. The molecule has 2 aromatic rings. The molecule has 2 unspecified atom stereocenters. The first-order valence-electron chi connectivity index (χ1n) is 6.84. The van der Waals surface area contributed by atoms with Gasteiger partial charge in [-0.15, -0.1) is 5.10 Å². The molecule has 3 rings (SSSR count). The fourth-order valence-corrected chi connectivity index (χ4v) is 3.47. The molecule has 0 radical (unpaired) electrons. The maximum absolute atomic E-state index is 4.60. The first-order valence-corrected chi connectivity index (χ1v) is 7.62. The van der Waals surface area contributed by atoms with Crippen molar-refractivity contribution in [1.29, 1.82) is 0 Å². The Morgan fingerprint density at radius 2 is 2.47 bits per heavy atom. The van der Waals surface area contributed by atoms with Crippen LogP contribution in [0.25, 0.3) is 0 Å². The van der Waals surface area contributed by atoms with E-state index in [0.29, 0.717) is 12.0 Å². The van der Waals surface area contributed by atoms with Crippen LogP contribution in [0.5, 0.6) is 0 Å². The van der Waals surface area contributed by atoms with Gasteiger partial charge in [-0.05, 0) is 49.0 Å². The van der Waals surface area contributed by atoms with E-state index in [1.165, 1.54) is 27.7 Å². The van der Waals surface area contributed by atoms with Crippen LogP contribution in [0, 0.1) is 0 Å². The first kappa shape index (κ1) is 12.7. The van der Waals surface area contributed by atoms with Gasteiger partial charge in [-0.1, -0.05) is 17.5 Å². The number of pyridine rings is 1. The molecule has 0 fully saturated rings. The fourth-order valence-electron chi connectivity index (χ4n) is 2.82. The molecule has 1 N–H and O–H groups in total. The van der Waals surface area contributed by atoms with Gasteiger partial charge in [-0.3, -0.25) is 4.98 Å². The quantitative estimate of drug-likeness (QED) is 0.911. The molecule has 4 nitrogen and oxygen atoms in total. The standard InChI is InChI=1S/C14H18N4S/c1-2-7-15-14(12-9-17-18-19-12)11-6-5-10-4-3-8-16-13(10)11/h3-4,8-9,11,14-15H,2,5-7H2,1H3. The summed E-state index contributed by atoms with van der Waals surface area (Å²) >= 11 is 1.49.